The van der Waals surface area contributed by atoms with Gasteiger partial charge in [0, 0.05) is 33.8 Å². The Morgan fingerprint density at radius 1 is 1.16 bits per heavy atom. The fraction of sp³-hybridized carbons (Fsp3) is 0.174. The number of hydrogen-bond acceptors (Lipinski definition) is 4. The molecule has 31 heavy (non-hydrogen) atoms. The van der Waals surface area contributed by atoms with Crippen LogP contribution in [-0.4, -0.2) is 38.6 Å². The van der Waals surface area contributed by atoms with E-state index in [-0.39, 0.29) is 11.7 Å². The SMILES string of the molecule is COC(=O)/C=C/c1c(C(C)C)n(-c2ccc(F)cc2)c2cc3cnn(C(=O)O)c3cc12. The largest absolute Gasteiger partial charge is 0.466 e. The van der Waals surface area contributed by atoms with Gasteiger partial charge in [0.2, 0.25) is 0 Å². The first kappa shape index (κ1) is 20.3. The number of hydrogen-bond donors (Lipinski definition) is 1. The molecule has 4 aromatic rings. The molecule has 0 bridgehead atoms. The lowest BCUT2D eigenvalue weighted by molar-refractivity contribution is -0.134. The Hall–Kier alpha value is -3.94. The lowest BCUT2D eigenvalue weighted by atomic mass is 10.0. The molecular formula is C23H20FN3O4. The molecule has 0 aliphatic rings. The van der Waals surface area contributed by atoms with E-state index >= 15 is 0 Å². The molecule has 7 nitrogen and oxygen atoms in total. The summed E-state index contributed by atoms with van der Waals surface area (Å²) in [7, 11) is 1.30. The average Bonchev–Trinajstić information content (AvgIpc) is 3.29. The van der Waals surface area contributed by atoms with Gasteiger partial charge in [-0.2, -0.15) is 9.78 Å². The number of halogens is 1. The molecule has 0 aliphatic heterocycles. The molecule has 0 radical (unpaired) electrons. The zero-order valence-corrected chi connectivity index (χ0v) is 17.2. The standard InChI is InChI=1S/C23H20FN3O4/c1-13(2)22-17(8-9-21(28)31-3)18-11-19-14(12-25-27(19)23(29)30)10-20(18)26(22)16-6-4-15(24)5-7-16/h4-13H,1-3H3,(H,29,30)/b9-8+. The summed E-state index contributed by atoms with van der Waals surface area (Å²) in [5.41, 5.74) is 3.61. The Morgan fingerprint density at radius 3 is 2.48 bits per heavy atom. The molecule has 0 spiro atoms. The third-order valence-electron chi connectivity index (χ3n) is 5.13. The second kappa shape index (κ2) is 7.71. The molecule has 8 heteroatoms. The maximum absolute atomic E-state index is 13.6. The highest BCUT2D eigenvalue weighted by molar-refractivity contribution is 6.04. The number of methoxy groups -OCH3 is 1. The predicted molar refractivity (Wildman–Crippen MR) is 115 cm³/mol. The highest BCUT2D eigenvalue weighted by Gasteiger charge is 2.22. The normalized spacial score (nSPS) is 11.8. The van der Waals surface area contributed by atoms with Gasteiger partial charge in [0.05, 0.1) is 24.3 Å². The molecule has 4 rings (SSSR count). The van der Waals surface area contributed by atoms with Gasteiger partial charge in [-0.15, -0.1) is 0 Å². The number of fused-ring (bicyclic) bond motifs is 2. The topological polar surface area (TPSA) is 86.4 Å². The van der Waals surface area contributed by atoms with Crippen molar-refractivity contribution in [3.63, 3.8) is 0 Å². The number of aromatic nitrogens is 3. The van der Waals surface area contributed by atoms with Gasteiger partial charge in [0.15, 0.2) is 0 Å². The van der Waals surface area contributed by atoms with E-state index in [0.717, 1.165) is 32.5 Å². The minimum atomic E-state index is -1.19. The van der Waals surface area contributed by atoms with Crippen molar-refractivity contribution in [3.8, 4) is 5.69 Å². The lowest BCUT2D eigenvalue weighted by Crippen LogP contribution is -2.08. The summed E-state index contributed by atoms with van der Waals surface area (Å²) >= 11 is 0. The molecular weight excluding hydrogens is 401 g/mol. The predicted octanol–water partition coefficient (Wildman–Crippen LogP) is 4.96. The number of carboxylic acid groups (broad SMARTS) is 1. The molecule has 0 aliphatic carbocycles. The summed E-state index contributed by atoms with van der Waals surface area (Å²) in [6, 6.07) is 9.72. The van der Waals surface area contributed by atoms with Gasteiger partial charge in [-0.05, 0) is 48.4 Å². The number of nitrogens with zero attached hydrogens (tertiary/aromatic N) is 3. The molecule has 2 heterocycles. The van der Waals surface area contributed by atoms with Crippen LogP contribution in [0.25, 0.3) is 33.6 Å². The number of ether oxygens (including phenoxy) is 1. The van der Waals surface area contributed by atoms with Gasteiger partial charge in [-0.1, -0.05) is 13.8 Å². The van der Waals surface area contributed by atoms with Crippen molar-refractivity contribution in [1.29, 1.82) is 0 Å². The van der Waals surface area contributed by atoms with Crippen LogP contribution in [0.4, 0.5) is 9.18 Å². The van der Waals surface area contributed by atoms with E-state index < -0.39 is 12.1 Å². The maximum Gasteiger partial charge on any atom is 0.432 e. The molecule has 0 atom stereocenters. The Labute approximate surface area is 177 Å². The summed E-state index contributed by atoms with van der Waals surface area (Å²) in [6.45, 7) is 4.03. The van der Waals surface area contributed by atoms with Gasteiger partial charge >= 0.3 is 12.1 Å². The van der Waals surface area contributed by atoms with Gasteiger partial charge in [0.1, 0.15) is 5.82 Å². The maximum atomic E-state index is 13.6. The van der Waals surface area contributed by atoms with Crippen LogP contribution in [0.2, 0.25) is 0 Å². The van der Waals surface area contributed by atoms with Gasteiger partial charge in [-0.3, -0.25) is 0 Å². The number of carbonyl (C=O) groups excluding carboxylic acids is 1. The highest BCUT2D eigenvalue weighted by Crippen LogP contribution is 2.37. The Morgan fingerprint density at radius 2 is 1.87 bits per heavy atom. The van der Waals surface area contributed by atoms with Crippen molar-refractivity contribution in [3.05, 3.63) is 65.7 Å². The molecule has 1 N–H and O–H groups in total. The summed E-state index contributed by atoms with van der Waals surface area (Å²) < 4.78 is 21.2. The zero-order valence-electron chi connectivity index (χ0n) is 17.2. The zero-order chi connectivity index (χ0) is 22.3. The van der Waals surface area contributed by atoms with Crippen LogP contribution in [0.3, 0.4) is 0 Å². The second-order valence-electron chi connectivity index (χ2n) is 7.39. The van der Waals surface area contributed by atoms with Gasteiger partial charge < -0.3 is 14.4 Å². The lowest BCUT2D eigenvalue weighted by Gasteiger charge is -2.14. The molecule has 2 aromatic carbocycles. The minimum absolute atomic E-state index is 0.0360. The van der Waals surface area contributed by atoms with Gasteiger partial charge in [0.25, 0.3) is 0 Å². The summed E-state index contributed by atoms with van der Waals surface area (Å²) in [5.74, 6) is -0.815. The van der Waals surface area contributed by atoms with Crippen LogP contribution < -0.4 is 0 Å². The van der Waals surface area contributed by atoms with Crippen LogP contribution in [0.15, 0.2) is 48.7 Å². The van der Waals surface area contributed by atoms with Crippen molar-refractivity contribution in [2.24, 2.45) is 0 Å². The minimum Gasteiger partial charge on any atom is -0.466 e. The van der Waals surface area contributed by atoms with E-state index in [1.54, 1.807) is 24.3 Å². The first-order chi connectivity index (χ1) is 14.8. The van der Waals surface area contributed by atoms with Crippen LogP contribution in [0.5, 0.6) is 0 Å². The summed E-state index contributed by atoms with van der Waals surface area (Å²) in [6.07, 6.45) is 3.29. The molecule has 0 saturated carbocycles. The van der Waals surface area contributed by atoms with E-state index in [4.69, 9.17) is 4.74 Å². The monoisotopic (exact) mass is 421 g/mol. The van der Waals surface area contributed by atoms with Crippen molar-refractivity contribution >= 4 is 39.9 Å². The van der Waals surface area contributed by atoms with Crippen molar-refractivity contribution in [2.75, 3.05) is 7.11 Å². The smallest absolute Gasteiger partial charge is 0.432 e. The Bertz CT molecular complexity index is 1350. The van der Waals surface area contributed by atoms with E-state index in [9.17, 15) is 19.1 Å². The van der Waals surface area contributed by atoms with E-state index in [2.05, 4.69) is 5.10 Å². The van der Waals surface area contributed by atoms with Crippen LogP contribution in [0, 0.1) is 5.82 Å². The van der Waals surface area contributed by atoms with Crippen LogP contribution in [0.1, 0.15) is 31.0 Å². The van der Waals surface area contributed by atoms with Crippen molar-refractivity contribution in [2.45, 2.75) is 19.8 Å². The Balaban J connectivity index is 2.13. The van der Waals surface area contributed by atoms with Crippen LogP contribution in [-0.2, 0) is 9.53 Å². The second-order valence-corrected chi connectivity index (χ2v) is 7.39. The molecule has 0 fully saturated rings. The highest BCUT2D eigenvalue weighted by atomic mass is 19.1. The fourth-order valence-electron chi connectivity index (χ4n) is 3.84. The number of carbonyl (C=O) groups is 2. The Kier molecular flexibility index (Phi) is 5.06. The third kappa shape index (κ3) is 3.46. The molecule has 0 amide bonds. The van der Waals surface area contributed by atoms with E-state index in [0.29, 0.717) is 10.9 Å². The number of benzene rings is 2. The average molecular weight is 421 g/mol. The fourth-order valence-corrected chi connectivity index (χ4v) is 3.84. The summed E-state index contributed by atoms with van der Waals surface area (Å²) in [4.78, 5) is 23.4. The van der Waals surface area contributed by atoms with Gasteiger partial charge in [-0.25, -0.2) is 14.0 Å². The molecule has 2 aromatic heterocycles. The summed E-state index contributed by atoms with van der Waals surface area (Å²) in [5, 5.41) is 14.8. The van der Waals surface area contributed by atoms with Crippen molar-refractivity contribution in [1.82, 2.24) is 14.3 Å². The number of rotatable bonds is 4. The third-order valence-corrected chi connectivity index (χ3v) is 5.13. The quantitative estimate of drug-likeness (QED) is 0.372. The van der Waals surface area contributed by atoms with E-state index in [1.807, 2.05) is 24.5 Å². The molecule has 0 unspecified atom stereocenters. The van der Waals surface area contributed by atoms with E-state index in [1.165, 1.54) is 31.5 Å². The molecule has 158 valence electrons. The number of esters is 1. The first-order valence-electron chi connectivity index (χ1n) is 9.63. The van der Waals surface area contributed by atoms with Crippen molar-refractivity contribution < 1.29 is 23.8 Å². The van der Waals surface area contributed by atoms with Crippen LogP contribution >= 0.6 is 0 Å². The first-order valence-corrected chi connectivity index (χ1v) is 9.63. The molecule has 0 saturated heterocycles.